The summed E-state index contributed by atoms with van der Waals surface area (Å²) in [7, 11) is 0.0734. The highest BCUT2D eigenvalue weighted by molar-refractivity contribution is 7.89. The third kappa shape index (κ3) is 6.01. The predicted octanol–water partition coefficient (Wildman–Crippen LogP) is 4.04. The Morgan fingerprint density at radius 1 is 1.00 bits per heavy atom. The van der Waals surface area contributed by atoms with E-state index in [4.69, 9.17) is 11.6 Å². The lowest BCUT2D eigenvalue weighted by Gasteiger charge is -2.12. The molecule has 10 heteroatoms. The van der Waals surface area contributed by atoms with Gasteiger partial charge in [-0.2, -0.15) is 0 Å². The number of anilines is 1. The van der Waals surface area contributed by atoms with Crippen molar-refractivity contribution < 1.29 is 13.2 Å². The van der Waals surface area contributed by atoms with E-state index < -0.39 is 10.0 Å². The molecule has 3 aromatic carbocycles. The average Bonchev–Trinajstić information content (AvgIpc) is 2.84. The summed E-state index contributed by atoms with van der Waals surface area (Å²) in [6, 6.07) is 18.4. The smallest absolute Gasteiger partial charge is 0.255 e. The largest absolute Gasteiger partial charge is 0.322 e. The van der Waals surface area contributed by atoms with E-state index in [1.165, 1.54) is 24.3 Å². The molecule has 0 saturated heterocycles. The number of hydrogen-bond donors (Lipinski definition) is 2. The molecule has 180 valence electrons. The molecule has 0 atom stereocenters. The first-order chi connectivity index (χ1) is 16.7. The zero-order valence-corrected chi connectivity index (χ0v) is 20.8. The van der Waals surface area contributed by atoms with Crippen molar-refractivity contribution in [2.45, 2.75) is 4.90 Å². The fourth-order valence-corrected chi connectivity index (χ4v) is 4.60. The molecule has 0 radical (unpaired) electrons. The number of benzene rings is 3. The topological polar surface area (TPSA) is 104 Å². The van der Waals surface area contributed by atoms with Gasteiger partial charge in [-0.15, -0.1) is 0 Å². The Morgan fingerprint density at radius 2 is 1.71 bits per heavy atom. The van der Waals surface area contributed by atoms with E-state index in [9.17, 15) is 13.2 Å². The molecule has 0 aliphatic heterocycles. The lowest BCUT2D eigenvalue weighted by molar-refractivity contribution is 0.102. The number of likely N-dealkylation sites (N-methyl/N-ethyl adjacent to an activating group) is 1. The van der Waals surface area contributed by atoms with Gasteiger partial charge in [-0.3, -0.25) is 9.78 Å². The molecule has 0 unspecified atom stereocenters. The van der Waals surface area contributed by atoms with Crippen LogP contribution < -0.4 is 10.0 Å². The second-order valence-corrected chi connectivity index (χ2v) is 10.3. The lowest BCUT2D eigenvalue weighted by atomic mass is 10.1. The van der Waals surface area contributed by atoms with E-state index in [1.54, 1.807) is 24.4 Å². The number of aromatic nitrogens is 2. The van der Waals surface area contributed by atoms with Gasteiger partial charge < -0.3 is 10.2 Å². The maximum Gasteiger partial charge on any atom is 0.255 e. The molecule has 2 N–H and O–H groups in total. The van der Waals surface area contributed by atoms with Gasteiger partial charge in [-0.1, -0.05) is 23.7 Å². The van der Waals surface area contributed by atoms with Gasteiger partial charge in [-0.05, 0) is 68.7 Å². The molecule has 1 aromatic heterocycles. The summed E-state index contributed by atoms with van der Waals surface area (Å²) in [5, 5.41) is 3.30. The number of amides is 1. The van der Waals surface area contributed by atoms with Gasteiger partial charge in [0.05, 0.1) is 32.8 Å². The van der Waals surface area contributed by atoms with Crippen molar-refractivity contribution in [3.63, 3.8) is 0 Å². The van der Waals surface area contributed by atoms with Crippen LogP contribution in [-0.4, -0.2) is 56.4 Å². The second kappa shape index (κ2) is 10.5. The number of hydrogen-bond acceptors (Lipinski definition) is 6. The van der Waals surface area contributed by atoms with Crippen molar-refractivity contribution in [1.82, 2.24) is 19.6 Å². The van der Waals surface area contributed by atoms with Crippen molar-refractivity contribution in [1.29, 1.82) is 0 Å². The molecule has 0 saturated carbocycles. The average molecular weight is 510 g/mol. The standard InChI is InChI=1S/C25H24ClN5O3S/c1-31(2)14-13-28-35(33,34)19-10-7-17(8-11-19)25(32)29-18-9-12-21(26)20(15-18)24-16-27-22-5-3-4-6-23(22)30-24/h3-12,15-16,28H,13-14H2,1-2H3,(H,29,32). The van der Waals surface area contributed by atoms with Crippen LogP contribution in [0.2, 0.25) is 5.02 Å². The van der Waals surface area contributed by atoms with Crippen LogP contribution >= 0.6 is 11.6 Å². The molecule has 0 spiro atoms. The monoisotopic (exact) mass is 509 g/mol. The van der Waals surface area contributed by atoms with Crippen molar-refractivity contribution in [3.8, 4) is 11.3 Å². The van der Waals surface area contributed by atoms with E-state index >= 15 is 0 Å². The predicted molar refractivity (Wildman–Crippen MR) is 138 cm³/mol. The van der Waals surface area contributed by atoms with E-state index in [0.717, 1.165) is 11.0 Å². The second-order valence-electron chi connectivity index (χ2n) is 8.12. The zero-order chi connectivity index (χ0) is 25.0. The molecule has 1 heterocycles. The third-order valence-electron chi connectivity index (χ3n) is 5.23. The van der Waals surface area contributed by atoms with Gasteiger partial charge in [-0.25, -0.2) is 18.1 Å². The van der Waals surface area contributed by atoms with E-state index in [2.05, 4.69) is 20.0 Å². The SMILES string of the molecule is CN(C)CCNS(=O)(=O)c1ccc(C(=O)Nc2ccc(Cl)c(-c3cnc4ccccc4n3)c2)cc1. The number of carbonyl (C=O) groups excluding carboxylic acids is 1. The van der Waals surface area contributed by atoms with E-state index in [1.807, 2.05) is 43.3 Å². The summed E-state index contributed by atoms with van der Waals surface area (Å²) >= 11 is 6.40. The van der Waals surface area contributed by atoms with Gasteiger partial charge in [0.2, 0.25) is 10.0 Å². The van der Waals surface area contributed by atoms with E-state index in [0.29, 0.717) is 34.1 Å². The number of rotatable bonds is 8. The highest BCUT2D eigenvalue weighted by Crippen LogP contribution is 2.30. The first-order valence-corrected chi connectivity index (χ1v) is 12.7. The summed E-state index contributed by atoms with van der Waals surface area (Å²) in [5.41, 5.74) is 3.57. The first-order valence-electron chi connectivity index (χ1n) is 10.8. The number of nitrogens with one attached hydrogen (secondary N) is 2. The molecule has 8 nitrogen and oxygen atoms in total. The van der Waals surface area contributed by atoms with Crippen LogP contribution in [0.1, 0.15) is 10.4 Å². The fraction of sp³-hybridized carbons (Fsp3) is 0.160. The Kier molecular flexibility index (Phi) is 7.42. The van der Waals surface area contributed by atoms with Crippen LogP contribution in [0.25, 0.3) is 22.3 Å². The Bertz CT molecular complexity index is 1470. The summed E-state index contributed by atoms with van der Waals surface area (Å²) in [5.74, 6) is -0.382. The highest BCUT2D eigenvalue weighted by atomic mass is 35.5. The van der Waals surface area contributed by atoms with Crippen LogP contribution in [0.3, 0.4) is 0 Å². The van der Waals surface area contributed by atoms with Crippen molar-refractivity contribution >= 4 is 44.3 Å². The molecule has 35 heavy (non-hydrogen) atoms. The zero-order valence-electron chi connectivity index (χ0n) is 19.2. The van der Waals surface area contributed by atoms with Gasteiger partial charge in [0.1, 0.15) is 0 Å². The molecule has 0 aliphatic carbocycles. The summed E-state index contributed by atoms with van der Waals surface area (Å²) in [4.78, 5) is 23.8. The number of carbonyl (C=O) groups is 1. The van der Waals surface area contributed by atoms with Gasteiger partial charge in [0, 0.05) is 29.9 Å². The molecule has 0 aliphatic rings. The number of fused-ring (bicyclic) bond motifs is 1. The molecular weight excluding hydrogens is 486 g/mol. The minimum atomic E-state index is -3.65. The van der Waals surface area contributed by atoms with Crippen LogP contribution in [0, 0.1) is 0 Å². The molecule has 4 rings (SSSR count). The molecule has 0 fully saturated rings. The van der Waals surface area contributed by atoms with Crippen LogP contribution in [0.15, 0.2) is 77.8 Å². The highest BCUT2D eigenvalue weighted by Gasteiger charge is 2.15. The summed E-state index contributed by atoms with van der Waals surface area (Å²) in [6.07, 6.45) is 1.64. The Labute approximate surface area is 209 Å². The van der Waals surface area contributed by atoms with E-state index in [-0.39, 0.29) is 17.3 Å². The number of sulfonamides is 1. The van der Waals surface area contributed by atoms with Crippen molar-refractivity contribution in [3.05, 3.63) is 83.5 Å². The Balaban J connectivity index is 1.50. The van der Waals surface area contributed by atoms with Crippen molar-refractivity contribution in [2.24, 2.45) is 0 Å². The number of halogens is 1. The summed E-state index contributed by atoms with van der Waals surface area (Å²) < 4.78 is 27.4. The maximum absolute atomic E-state index is 12.8. The quantitative estimate of drug-likeness (QED) is 0.371. The van der Waals surface area contributed by atoms with Crippen molar-refractivity contribution in [2.75, 3.05) is 32.5 Å². The molecule has 0 bridgehead atoms. The number of para-hydroxylation sites is 2. The molecular formula is C25H24ClN5O3S. The Hall–Kier alpha value is -3.37. The number of nitrogens with zero attached hydrogens (tertiary/aromatic N) is 3. The maximum atomic E-state index is 12.8. The van der Waals surface area contributed by atoms with Gasteiger partial charge >= 0.3 is 0 Å². The minimum absolute atomic E-state index is 0.0939. The van der Waals surface area contributed by atoms with Gasteiger partial charge in [0.15, 0.2) is 0 Å². The summed E-state index contributed by atoms with van der Waals surface area (Å²) in [6.45, 7) is 0.867. The molecule has 1 amide bonds. The van der Waals surface area contributed by atoms with Gasteiger partial charge in [0.25, 0.3) is 5.91 Å². The van der Waals surface area contributed by atoms with Crippen LogP contribution in [0.5, 0.6) is 0 Å². The fourth-order valence-electron chi connectivity index (χ4n) is 3.36. The Morgan fingerprint density at radius 3 is 2.43 bits per heavy atom. The minimum Gasteiger partial charge on any atom is -0.322 e. The molecule has 4 aromatic rings. The lowest BCUT2D eigenvalue weighted by Crippen LogP contribution is -2.31. The van der Waals surface area contributed by atoms with Crippen LogP contribution in [-0.2, 0) is 10.0 Å². The van der Waals surface area contributed by atoms with Crippen LogP contribution in [0.4, 0.5) is 5.69 Å². The third-order valence-corrected chi connectivity index (χ3v) is 7.03. The normalized spacial score (nSPS) is 11.7. The first kappa shape index (κ1) is 24.7.